The normalized spacial score (nSPS) is 14.0. The van der Waals surface area contributed by atoms with E-state index >= 15 is 0 Å². The fraction of sp³-hybridized carbons (Fsp3) is 0.308. The van der Waals surface area contributed by atoms with Gasteiger partial charge in [-0.05, 0) is 31.4 Å². The van der Waals surface area contributed by atoms with Gasteiger partial charge in [-0.15, -0.1) is 11.3 Å². The first-order valence-electron chi connectivity index (χ1n) is 5.83. The maximum Gasteiger partial charge on any atom is 0.233 e. The van der Waals surface area contributed by atoms with Crippen LogP contribution in [0.1, 0.15) is 23.6 Å². The quantitative estimate of drug-likeness (QED) is 0.923. The average Bonchev–Trinajstić information content (AvgIpc) is 2.98. The Kier molecular flexibility index (Phi) is 4.55. The third-order valence-corrected chi connectivity index (χ3v) is 5.16. The van der Waals surface area contributed by atoms with E-state index in [1.54, 1.807) is 24.3 Å². The summed E-state index contributed by atoms with van der Waals surface area (Å²) in [6, 6.07) is 5.49. The van der Waals surface area contributed by atoms with Gasteiger partial charge in [0, 0.05) is 4.88 Å². The highest BCUT2D eigenvalue weighted by Gasteiger charge is 2.16. The zero-order valence-corrected chi connectivity index (χ0v) is 12.3. The van der Waals surface area contributed by atoms with Crippen molar-refractivity contribution in [2.24, 2.45) is 0 Å². The first-order chi connectivity index (χ1) is 9.08. The van der Waals surface area contributed by atoms with Crippen LogP contribution in [-0.2, 0) is 15.6 Å². The van der Waals surface area contributed by atoms with Gasteiger partial charge in [-0.1, -0.05) is 6.07 Å². The first kappa shape index (κ1) is 14.0. The molecule has 0 unspecified atom stereocenters. The third kappa shape index (κ3) is 3.54. The number of thiophene rings is 1. The van der Waals surface area contributed by atoms with Gasteiger partial charge in [0.05, 0.1) is 28.0 Å². The largest absolute Gasteiger partial charge is 0.468 e. The van der Waals surface area contributed by atoms with E-state index in [1.807, 2.05) is 24.4 Å². The standard InChI is InChI=1S/C13H15NO3S2/c1-9(11-4-3-7-18-11)14-13(15)8-19(16)12-5-6-17-10(12)2/h3-7,9H,8H2,1-2H3,(H,14,15)/t9-,19-/m1/s1. The summed E-state index contributed by atoms with van der Waals surface area (Å²) in [6.45, 7) is 3.65. The smallest absolute Gasteiger partial charge is 0.233 e. The summed E-state index contributed by atoms with van der Waals surface area (Å²) in [5.41, 5.74) is 0. The Morgan fingerprint density at radius 1 is 1.53 bits per heavy atom. The van der Waals surface area contributed by atoms with E-state index in [0.717, 1.165) is 4.88 Å². The molecule has 0 fully saturated rings. The van der Waals surface area contributed by atoms with Crippen LogP contribution in [0, 0.1) is 6.92 Å². The predicted octanol–water partition coefficient (Wildman–Crippen LogP) is 2.63. The lowest BCUT2D eigenvalue weighted by molar-refractivity contribution is -0.119. The van der Waals surface area contributed by atoms with Crippen LogP contribution in [0.5, 0.6) is 0 Å². The van der Waals surface area contributed by atoms with Crippen molar-refractivity contribution in [3.05, 3.63) is 40.5 Å². The predicted molar refractivity (Wildman–Crippen MR) is 75.6 cm³/mol. The van der Waals surface area contributed by atoms with Crippen LogP contribution in [0.15, 0.2) is 39.2 Å². The fourth-order valence-corrected chi connectivity index (χ4v) is 3.49. The summed E-state index contributed by atoms with van der Waals surface area (Å²) in [7, 11) is -1.36. The number of furan rings is 1. The van der Waals surface area contributed by atoms with Crippen LogP contribution in [0.2, 0.25) is 0 Å². The van der Waals surface area contributed by atoms with Crippen LogP contribution >= 0.6 is 11.3 Å². The van der Waals surface area contributed by atoms with E-state index in [-0.39, 0.29) is 17.7 Å². The fourth-order valence-electron chi connectivity index (χ4n) is 1.70. The molecule has 6 heteroatoms. The Labute approximate surface area is 118 Å². The zero-order chi connectivity index (χ0) is 13.8. The van der Waals surface area contributed by atoms with Crippen molar-refractivity contribution in [3.63, 3.8) is 0 Å². The molecular weight excluding hydrogens is 282 g/mol. The van der Waals surface area contributed by atoms with Gasteiger partial charge in [-0.3, -0.25) is 9.00 Å². The first-order valence-corrected chi connectivity index (χ1v) is 8.03. The Hall–Kier alpha value is -1.40. The molecule has 102 valence electrons. The highest BCUT2D eigenvalue weighted by molar-refractivity contribution is 7.85. The van der Waals surface area contributed by atoms with E-state index in [4.69, 9.17) is 4.42 Å². The van der Waals surface area contributed by atoms with Crippen molar-refractivity contribution < 1.29 is 13.4 Å². The van der Waals surface area contributed by atoms with Crippen LogP contribution in [0.3, 0.4) is 0 Å². The van der Waals surface area contributed by atoms with Crippen molar-refractivity contribution >= 4 is 28.0 Å². The SMILES string of the molecule is Cc1occc1[S@](=O)CC(=O)N[C@H](C)c1cccs1. The van der Waals surface area contributed by atoms with Crippen molar-refractivity contribution in [3.8, 4) is 0 Å². The summed E-state index contributed by atoms with van der Waals surface area (Å²) in [6.07, 6.45) is 1.48. The molecule has 2 atom stereocenters. The molecule has 4 nitrogen and oxygen atoms in total. The van der Waals surface area contributed by atoms with Crippen molar-refractivity contribution in [2.75, 3.05) is 5.75 Å². The van der Waals surface area contributed by atoms with E-state index in [2.05, 4.69) is 5.32 Å². The molecule has 0 bridgehead atoms. The molecule has 2 aromatic heterocycles. The van der Waals surface area contributed by atoms with Crippen LogP contribution in [0.25, 0.3) is 0 Å². The third-order valence-electron chi connectivity index (χ3n) is 2.67. The summed E-state index contributed by atoms with van der Waals surface area (Å²) < 4.78 is 17.1. The Balaban J connectivity index is 1.91. The van der Waals surface area contributed by atoms with Gasteiger partial charge in [0.25, 0.3) is 0 Å². The lowest BCUT2D eigenvalue weighted by atomic mass is 10.3. The molecule has 0 aromatic carbocycles. The molecule has 1 amide bonds. The number of hydrogen-bond acceptors (Lipinski definition) is 4. The van der Waals surface area contributed by atoms with Crippen LogP contribution in [0.4, 0.5) is 0 Å². The van der Waals surface area contributed by atoms with Crippen molar-refractivity contribution in [1.82, 2.24) is 5.32 Å². The molecule has 0 radical (unpaired) electrons. The minimum absolute atomic E-state index is 0.0455. The second-order valence-corrected chi connectivity index (χ2v) is 6.53. The molecule has 0 aliphatic heterocycles. The maximum absolute atomic E-state index is 12.0. The highest BCUT2D eigenvalue weighted by Crippen LogP contribution is 2.18. The van der Waals surface area contributed by atoms with Gasteiger partial charge in [-0.2, -0.15) is 0 Å². The van der Waals surface area contributed by atoms with E-state index < -0.39 is 10.8 Å². The minimum Gasteiger partial charge on any atom is -0.468 e. The molecule has 1 N–H and O–H groups in total. The number of rotatable bonds is 5. The monoisotopic (exact) mass is 297 g/mol. The number of aryl methyl sites for hydroxylation is 1. The molecule has 2 aromatic rings. The molecule has 2 rings (SSSR count). The van der Waals surface area contributed by atoms with Crippen molar-refractivity contribution in [2.45, 2.75) is 24.8 Å². The number of carbonyl (C=O) groups is 1. The molecular formula is C13H15NO3S2. The molecule has 0 aliphatic rings. The molecule has 0 saturated heterocycles. The molecule has 0 saturated carbocycles. The van der Waals surface area contributed by atoms with Crippen molar-refractivity contribution in [1.29, 1.82) is 0 Å². The zero-order valence-electron chi connectivity index (χ0n) is 10.7. The Morgan fingerprint density at radius 2 is 2.32 bits per heavy atom. The highest BCUT2D eigenvalue weighted by atomic mass is 32.2. The summed E-state index contributed by atoms with van der Waals surface area (Å²) >= 11 is 1.59. The van der Waals surface area contributed by atoms with Crippen LogP contribution in [-0.4, -0.2) is 15.9 Å². The van der Waals surface area contributed by atoms with Gasteiger partial charge in [0.1, 0.15) is 11.5 Å². The van der Waals surface area contributed by atoms with Gasteiger partial charge in [-0.25, -0.2) is 0 Å². The average molecular weight is 297 g/mol. The Bertz CT molecular complexity index is 574. The molecule has 2 heterocycles. The minimum atomic E-state index is -1.36. The van der Waals surface area contributed by atoms with Gasteiger partial charge < -0.3 is 9.73 Å². The number of carbonyl (C=O) groups excluding carboxylic acids is 1. The molecule has 0 aliphatic carbocycles. The second kappa shape index (κ2) is 6.16. The summed E-state index contributed by atoms with van der Waals surface area (Å²) in [5.74, 6) is 0.327. The number of nitrogens with one attached hydrogen (secondary N) is 1. The topological polar surface area (TPSA) is 59.3 Å². The maximum atomic E-state index is 12.0. The van der Waals surface area contributed by atoms with Gasteiger partial charge >= 0.3 is 0 Å². The number of hydrogen-bond donors (Lipinski definition) is 1. The van der Waals surface area contributed by atoms with E-state index in [1.165, 1.54) is 6.26 Å². The molecule has 0 spiro atoms. The van der Waals surface area contributed by atoms with Crippen LogP contribution < -0.4 is 5.32 Å². The van der Waals surface area contributed by atoms with Gasteiger partial charge in [0.2, 0.25) is 5.91 Å². The second-order valence-electron chi connectivity index (χ2n) is 4.14. The Morgan fingerprint density at radius 3 is 2.89 bits per heavy atom. The summed E-state index contributed by atoms with van der Waals surface area (Å²) in [4.78, 5) is 13.5. The van der Waals surface area contributed by atoms with E-state index in [0.29, 0.717) is 10.7 Å². The summed E-state index contributed by atoms with van der Waals surface area (Å²) in [5, 5.41) is 4.81. The lowest BCUT2D eigenvalue weighted by Gasteiger charge is -2.11. The lowest BCUT2D eigenvalue weighted by Crippen LogP contribution is -2.30. The molecule has 19 heavy (non-hydrogen) atoms. The number of amides is 1. The van der Waals surface area contributed by atoms with Gasteiger partial charge in [0.15, 0.2) is 0 Å². The van der Waals surface area contributed by atoms with E-state index in [9.17, 15) is 9.00 Å².